The van der Waals surface area contributed by atoms with Crippen LogP contribution in [-0.4, -0.2) is 21.3 Å². The fraction of sp³-hybridized carbons (Fsp3) is 0.429. The topological polar surface area (TPSA) is 52.0 Å². The molecule has 6 heteroatoms. The van der Waals surface area contributed by atoms with E-state index in [4.69, 9.17) is 4.74 Å². The molecule has 0 aliphatic rings. The van der Waals surface area contributed by atoms with Crippen LogP contribution in [0.5, 0.6) is 6.01 Å². The molecule has 0 atom stereocenters. The van der Waals surface area contributed by atoms with Gasteiger partial charge in [-0.05, 0) is 24.6 Å². The van der Waals surface area contributed by atoms with Crippen molar-refractivity contribution in [3.05, 3.63) is 40.1 Å². The summed E-state index contributed by atoms with van der Waals surface area (Å²) >= 11 is 3.58. The van der Waals surface area contributed by atoms with E-state index in [0.29, 0.717) is 12.6 Å². The third kappa shape index (κ3) is 4.31. The minimum absolute atomic E-state index is 0.396. The predicted molar refractivity (Wildman–Crippen MR) is 81.5 cm³/mol. The number of halogens is 1. The Labute approximate surface area is 127 Å². The minimum atomic E-state index is 0.396. The highest BCUT2D eigenvalue weighted by atomic mass is 79.9. The molecule has 1 N–H and O–H groups in total. The van der Waals surface area contributed by atoms with Crippen LogP contribution in [0.25, 0.3) is 0 Å². The second-order valence-corrected chi connectivity index (χ2v) is 5.45. The van der Waals surface area contributed by atoms with Crippen LogP contribution in [0.4, 0.5) is 0 Å². The lowest BCUT2D eigenvalue weighted by molar-refractivity contribution is 0.279. The summed E-state index contributed by atoms with van der Waals surface area (Å²) in [6, 6.07) is 6.69. The van der Waals surface area contributed by atoms with Crippen LogP contribution in [0, 0.1) is 0 Å². The van der Waals surface area contributed by atoms with E-state index in [0.717, 1.165) is 29.5 Å². The number of aryl methyl sites for hydroxylation is 1. The Morgan fingerprint density at radius 1 is 1.40 bits per heavy atom. The molecule has 2 aromatic rings. The number of hydrogen-bond donors (Lipinski definition) is 1. The Morgan fingerprint density at radius 2 is 2.25 bits per heavy atom. The average Bonchev–Trinajstić information content (AvgIpc) is 2.84. The highest BCUT2D eigenvalue weighted by Crippen LogP contribution is 2.20. The van der Waals surface area contributed by atoms with Gasteiger partial charge in [-0.15, -0.1) is 5.10 Å². The van der Waals surface area contributed by atoms with Gasteiger partial charge in [0, 0.05) is 23.6 Å². The zero-order valence-electron chi connectivity index (χ0n) is 11.8. The van der Waals surface area contributed by atoms with Crippen molar-refractivity contribution in [3.63, 3.8) is 0 Å². The lowest BCUT2D eigenvalue weighted by Gasteiger charge is -2.08. The summed E-state index contributed by atoms with van der Waals surface area (Å²) in [7, 11) is 1.81. The number of aromatic nitrogens is 3. The molecule has 0 spiro atoms. The van der Waals surface area contributed by atoms with E-state index in [1.807, 2.05) is 7.05 Å². The highest BCUT2D eigenvalue weighted by molar-refractivity contribution is 9.10. The first kappa shape index (κ1) is 15.0. The van der Waals surface area contributed by atoms with E-state index >= 15 is 0 Å². The summed E-state index contributed by atoms with van der Waals surface area (Å²) in [5.74, 6) is 0. The van der Waals surface area contributed by atoms with Crippen LogP contribution in [0.3, 0.4) is 0 Å². The maximum Gasteiger partial charge on any atom is 0.335 e. The molecule has 108 valence electrons. The van der Waals surface area contributed by atoms with Crippen LogP contribution in [0.15, 0.2) is 29.0 Å². The van der Waals surface area contributed by atoms with Crippen molar-refractivity contribution in [2.45, 2.75) is 26.5 Å². The summed E-state index contributed by atoms with van der Waals surface area (Å²) in [4.78, 5) is 4.03. The monoisotopic (exact) mass is 338 g/mol. The van der Waals surface area contributed by atoms with E-state index in [1.165, 1.54) is 5.56 Å². The van der Waals surface area contributed by atoms with Crippen LogP contribution >= 0.6 is 15.9 Å². The van der Waals surface area contributed by atoms with E-state index in [-0.39, 0.29) is 0 Å². The van der Waals surface area contributed by atoms with Crippen LogP contribution < -0.4 is 10.1 Å². The number of nitrogens with one attached hydrogen (secondary N) is 1. The third-order valence-electron chi connectivity index (χ3n) is 2.81. The Hall–Kier alpha value is -1.40. The predicted octanol–water partition coefficient (Wildman–Crippen LogP) is 2.66. The molecule has 2 rings (SSSR count). The standard InChI is InChI=1S/C14H19BrN4O/c1-3-6-16-8-11-4-5-12(13(15)7-11)9-20-14-17-10-19(2)18-14/h4-5,7,10,16H,3,6,8-9H2,1-2H3. The maximum atomic E-state index is 5.54. The average molecular weight is 339 g/mol. The van der Waals surface area contributed by atoms with Crippen LogP contribution in [-0.2, 0) is 20.2 Å². The van der Waals surface area contributed by atoms with Crippen molar-refractivity contribution >= 4 is 15.9 Å². The first-order valence-corrected chi connectivity index (χ1v) is 7.44. The molecular formula is C14H19BrN4O. The highest BCUT2D eigenvalue weighted by Gasteiger charge is 2.05. The van der Waals surface area contributed by atoms with Gasteiger partial charge in [-0.25, -0.2) is 0 Å². The molecule has 1 aromatic heterocycles. The van der Waals surface area contributed by atoms with Gasteiger partial charge in [0.15, 0.2) is 0 Å². The number of hydrogen-bond acceptors (Lipinski definition) is 4. The molecule has 0 aliphatic carbocycles. The largest absolute Gasteiger partial charge is 0.457 e. The van der Waals surface area contributed by atoms with Gasteiger partial charge in [0.2, 0.25) is 0 Å². The molecule has 20 heavy (non-hydrogen) atoms. The molecule has 5 nitrogen and oxygen atoms in total. The first-order valence-electron chi connectivity index (χ1n) is 6.65. The van der Waals surface area contributed by atoms with Gasteiger partial charge >= 0.3 is 6.01 Å². The van der Waals surface area contributed by atoms with Crippen molar-refractivity contribution in [1.29, 1.82) is 0 Å². The summed E-state index contributed by atoms with van der Waals surface area (Å²) in [5, 5.41) is 7.46. The molecule has 0 radical (unpaired) electrons. The van der Waals surface area contributed by atoms with Crippen molar-refractivity contribution in [1.82, 2.24) is 20.1 Å². The van der Waals surface area contributed by atoms with E-state index < -0.39 is 0 Å². The molecule has 0 aliphatic heterocycles. The second kappa shape index (κ2) is 7.40. The molecule has 1 aromatic carbocycles. The number of benzene rings is 1. The Kier molecular flexibility index (Phi) is 5.55. The fourth-order valence-corrected chi connectivity index (χ4v) is 2.30. The Bertz CT molecular complexity index is 556. The molecule has 1 heterocycles. The Morgan fingerprint density at radius 3 is 2.90 bits per heavy atom. The van der Waals surface area contributed by atoms with Gasteiger partial charge in [0.05, 0.1) is 0 Å². The quantitative estimate of drug-likeness (QED) is 0.788. The van der Waals surface area contributed by atoms with Gasteiger partial charge in [-0.2, -0.15) is 4.98 Å². The van der Waals surface area contributed by atoms with Gasteiger partial charge in [0.1, 0.15) is 12.9 Å². The molecule has 0 amide bonds. The molecule has 0 saturated heterocycles. The number of nitrogens with zero attached hydrogens (tertiary/aromatic N) is 3. The zero-order valence-corrected chi connectivity index (χ0v) is 13.4. The molecule has 0 unspecified atom stereocenters. The van der Waals surface area contributed by atoms with E-state index in [2.05, 4.69) is 56.5 Å². The van der Waals surface area contributed by atoms with Crippen LogP contribution in [0.2, 0.25) is 0 Å². The normalized spacial score (nSPS) is 10.8. The lowest BCUT2D eigenvalue weighted by atomic mass is 10.1. The van der Waals surface area contributed by atoms with E-state index in [1.54, 1.807) is 11.0 Å². The maximum absolute atomic E-state index is 5.54. The molecular weight excluding hydrogens is 320 g/mol. The van der Waals surface area contributed by atoms with Gasteiger partial charge in [0.25, 0.3) is 0 Å². The zero-order chi connectivity index (χ0) is 14.4. The SMILES string of the molecule is CCCNCc1ccc(COc2ncn(C)n2)c(Br)c1. The van der Waals surface area contributed by atoms with Gasteiger partial charge in [-0.3, -0.25) is 4.68 Å². The van der Waals surface area contributed by atoms with Crippen molar-refractivity contribution in [2.75, 3.05) is 6.54 Å². The summed E-state index contributed by atoms with van der Waals surface area (Å²) in [5.41, 5.74) is 2.33. The van der Waals surface area contributed by atoms with Gasteiger partial charge < -0.3 is 10.1 Å². The van der Waals surface area contributed by atoms with Crippen molar-refractivity contribution in [3.8, 4) is 6.01 Å². The lowest BCUT2D eigenvalue weighted by Crippen LogP contribution is -2.13. The first-order chi connectivity index (χ1) is 9.69. The number of ether oxygens (including phenoxy) is 1. The summed E-state index contributed by atoms with van der Waals surface area (Å²) < 4.78 is 8.21. The molecule has 0 bridgehead atoms. The fourth-order valence-electron chi connectivity index (χ4n) is 1.76. The minimum Gasteiger partial charge on any atom is -0.457 e. The third-order valence-corrected chi connectivity index (χ3v) is 3.55. The smallest absolute Gasteiger partial charge is 0.335 e. The summed E-state index contributed by atoms with van der Waals surface area (Å²) in [6.45, 7) is 4.53. The molecule has 0 fully saturated rings. The van der Waals surface area contributed by atoms with E-state index in [9.17, 15) is 0 Å². The van der Waals surface area contributed by atoms with Crippen LogP contribution in [0.1, 0.15) is 24.5 Å². The van der Waals surface area contributed by atoms with Crippen molar-refractivity contribution < 1.29 is 4.74 Å². The Balaban J connectivity index is 1.92. The van der Waals surface area contributed by atoms with Gasteiger partial charge in [-0.1, -0.05) is 35.0 Å². The molecule has 0 saturated carbocycles. The number of rotatable bonds is 7. The second-order valence-electron chi connectivity index (χ2n) is 4.59. The van der Waals surface area contributed by atoms with Crippen molar-refractivity contribution in [2.24, 2.45) is 7.05 Å². The summed E-state index contributed by atoms with van der Waals surface area (Å²) in [6.07, 6.45) is 2.76.